The van der Waals surface area contributed by atoms with E-state index in [1.807, 2.05) is 12.3 Å². The molecule has 102 valence electrons. The molecule has 18 heavy (non-hydrogen) atoms. The van der Waals surface area contributed by atoms with Gasteiger partial charge in [0.25, 0.3) is 5.91 Å². The summed E-state index contributed by atoms with van der Waals surface area (Å²) in [6.45, 7) is 3.90. The Morgan fingerprint density at radius 3 is 2.61 bits per heavy atom. The topological polar surface area (TPSA) is 105 Å². The molecule has 0 saturated carbocycles. The molecule has 1 fully saturated rings. The molecule has 1 atom stereocenters. The molecular formula is C11H20N4O3. The van der Waals surface area contributed by atoms with E-state index in [1.165, 1.54) is 4.90 Å². The van der Waals surface area contributed by atoms with Gasteiger partial charge < -0.3 is 5.32 Å². The Labute approximate surface area is 106 Å². The Kier molecular flexibility index (Phi) is 4.66. The molecule has 0 aromatic rings. The van der Waals surface area contributed by atoms with E-state index in [2.05, 4.69) is 5.32 Å². The molecule has 0 bridgehead atoms. The molecule has 7 nitrogen and oxygen atoms in total. The molecule has 1 heterocycles. The fourth-order valence-electron chi connectivity index (χ4n) is 1.82. The molecule has 1 aliphatic rings. The van der Waals surface area contributed by atoms with Crippen LogP contribution >= 0.6 is 0 Å². The number of imide groups is 1. The van der Waals surface area contributed by atoms with Crippen molar-refractivity contribution in [3.05, 3.63) is 0 Å². The fraction of sp³-hybridized carbons (Fsp3) is 0.727. The van der Waals surface area contributed by atoms with Gasteiger partial charge in [-0.15, -0.1) is 0 Å². The second-order valence-electron chi connectivity index (χ2n) is 4.60. The van der Waals surface area contributed by atoms with Gasteiger partial charge in [-0.3, -0.25) is 19.9 Å². The number of amides is 4. The standard InChI is InChI=1S/C11H20N4O3/c1-3-11(2)9(17)15(10(18)13-11)7-5-4-6-8(16)14-12/h3-7,12H2,1-2H3,(H,13,18)(H,14,16). The van der Waals surface area contributed by atoms with E-state index in [4.69, 9.17) is 5.84 Å². The van der Waals surface area contributed by atoms with Gasteiger partial charge >= 0.3 is 6.03 Å². The third kappa shape index (κ3) is 2.98. The Hall–Kier alpha value is -1.63. The summed E-state index contributed by atoms with van der Waals surface area (Å²) >= 11 is 0. The number of unbranched alkanes of at least 4 members (excludes halogenated alkanes) is 1. The van der Waals surface area contributed by atoms with Gasteiger partial charge in [-0.05, 0) is 26.2 Å². The first kappa shape index (κ1) is 14.4. The summed E-state index contributed by atoms with van der Waals surface area (Å²) in [4.78, 5) is 35.7. The zero-order valence-corrected chi connectivity index (χ0v) is 10.8. The van der Waals surface area contributed by atoms with E-state index in [0.717, 1.165) is 0 Å². The molecule has 0 radical (unpaired) electrons. The van der Waals surface area contributed by atoms with Gasteiger partial charge in [-0.2, -0.15) is 0 Å². The van der Waals surface area contributed by atoms with Gasteiger partial charge in [0, 0.05) is 13.0 Å². The fourth-order valence-corrected chi connectivity index (χ4v) is 1.82. The van der Waals surface area contributed by atoms with Crippen molar-refractivity contribution in [1.29, 1.82) is 0 Å². The number of carbonyl (C=O) groups excluding carboxylic acids is 3. The maximum atomic E-state index is 12.0. The van der Waals surface area contributed by atoms with E-state index in [0.29, 0.717) is 32.2 Å². The number of hydrogen-bond donors (Lipinski definition) is 3. The molecule has 1 saturated heterocycles. The van der Waals surface area contributed by atoms with Crippen LogP contribution in [0.5, 0.6) is 0 Å². The highest BCUT2D eigenvalue weighted by Crippen LogP contribution is 2.21. The normalized spacial score (nSPS) is 23.2. The van der Waals surface area contributed by atoms with Crippen LogP contribution in [0.3, 0.4) is 0 Å². The highest BCUT2D eigenvalue weighted by atomic mass is 16.2. The smallest absolute Gasteiger partial charge is 0.323 e. The van der Waals surface area contributed by atoms with E-state index in [1.54, 1.807) is 6.92 Å². The van der Waals surface area contributed by atoms with Gasteiger partial charge in [-0.1, -0.05) is 6.92 Å². The second-order valence-corrected chi connectivity index (χ2v) is 4.60. The van der Waals surface area contributed by atoms with Crippen LogP contribution in [0.2, 0.25) is 0 Å². The molecule has 7 heteroatoms. The summed E-state index contributed by atoms with van der Waals surface area (Å²) in [6.07, 6.45) is 2.03. The van der Waals surface area contributed by atoms with E-state index in [9.17, 15) is 14.4 Å². The SMILES string of the molecule is CCC1(C)NC(=O)N(CCCCC(=O)NN)C1=O. The van der Waals surface area contributed by atoms with E-state index < -0.39 is 5.54 Å². The molecule has 0 aromatic carbocycles. The number of nitrogens with two attached hydrogens (primary N) is 1. The average molecular weight is 256 g/mol. The molecule has 4 amide bonds. The van der Waals surface area contributed by atoms with Crippen molar-refractivity contribution in [2.24, 2.45) is 5.84 Å². The van der Waals surface area contributed by atoms with Crippen molar-refractivity contribution in [3.63, 3.8) is 0 Å². The molecule has 1 unspecified atom stereocenters. The Morgan fingerprint density at radius 2 is 2.11 bits per heavy atom. The number of hydrogen-bond acceptors (Lipinski definition) is 4. The lowest BCUT2D eigenvalue weighted by atomic mass is 9.99. The van der Waals surface area contributed by atoms with Gasteiger partial charge in [0.1, 0.15) is 5.54 Å². The third-order valence-electron chi connectivity index (χ3n) is 3.25. The largest absolute Gasteiger partial charge is 0.325 e. The van der Waals surface area contributed by atoms with Crippen LogP contribution in [0.4, 0.5) is 4.79 Å². The van der Waals surface area contributed by atoms with Crippen molar-refractivity contribution in [2.45, 2.75) is 45.1 Å². The molecule has 1 rings (SSSR count). The van der Waals surface area contributed by atoms with Crippen LogP contribution in [-0.2, 0) is 9.59 Å². The van der Waals surface area contributed by atoms with Crippen LogP contribution in [0.15, 0.2) is 0 Å². The number of carbonyl (C=O) groups is 3. The number of hydrazine groups is 1. The van der Waals surface area contributed by atoms with Crippen molar-refractivity contribution < 1.29 is 14.4 Å². The number of nitrogens with zero attached hydrogens (tertiary/aromatic N) is 1. The lowest BCUT2D eigenvalue weighted by Gasteiger charge is -2.19. The molecular weight excluding hydrogens is 236 g/mol. The summed E-state index contributed by atoms with van der Waals surface area (Å²) in [5, 5.41) is 2.68. The summed E-state index contributed by atoms with van der Waals surface area (Å²) in [5.74, 6) is 4.51. The monoisotopic (exact) mass is 256 g/mol. The molecule has 4 N–H and O–H groups in total. The zero-order valence-electron chi connectivity index (χ0n) is 10.8. The summed E-state index contributed by atoms with van der Waals surface area (Å²) < 4.78 is 0. The van der Waals surface area contributed by atoms with Crippen LogP contribution in [0.1, 0.15) is 39.5 Å². The van der Waals surface area contributed by atoms with Crippen LogP contribution in [0.25, 0.3) is 0 Å². The molecule has 1 aliphatic heterocycles. The number of nitrogens with one attached hydrogen (secondary N) is 2. The number of rotatable bonds is 6. The first-order chi connectivity index (χ1) is 8.44. The van der Waals surface area contributed by atoms with Crippen LogP contribution < -0.4 is 16.6 Å². The van der Waals surface area contributed by atoms with Gasteiger partial charge in [0.2, 0.25) is 5.91 Å². The highest BCUT2D eigenvalue weighted by Gasteiger charge is 2.45. The van der Waals surface area contributed by atoms with Gasteiger partial charge in [0.05, 0.1) is 0 Å². The van der Waals surface area contributed by atoms with E-state index in [-0.39, 0.29) is 17.8 Å². The second kappa shape index (κ2) is 5.81. The predicted molar refractivity (Wildman–Crippen MR) is 65.1 cm³/mol. The molecule has 0 aliphatic carbocycles. The minimum Gasteiger partial charge on any atom is -0.323 e. The maximum Gasteiger partial charge on any atom is 0.325 e. The lowest BCUT2D eigenvalue weighted by molar-refractivity contribution is -0.130. The minimum absolute atomic E-state index is 0.196. The highest BCUT2D eigenvalue weighted by molar-refractivity contribution is 6.06. The lowest BCUT2D eigenvalue weighted by Crippen LogP contribution is -2.43. The van der Waals surface area contributed by atoms with Crippen molar-refractivity contribution in [2.75, 3.05) is 6.54 Å². The minimum atomic E-state index is -0.786. The number of urea groups is 1. The van der Waals surface area contributed by atoms with Crippen molar-refractivity contribution in [1.82, 2.24) is 15.6 Å². The van der Waals surface area contributed by atoms with Gasteiger partial charge in [-0.25, -0.2) is 10.6 Å². The Morgan fingerprint density at radius 1 is 1.44 bits per heavy atom. The summed E-state index contributed by atoms with van der Waals surface area (Å²) in [7, 11) is 0. The maximum absolute atomic E-state index is 12.0. The zero-order chi connectivity index (χ0) is 13.8. The van der Waals surface area contributed by atoms with Crippen molar-refractivity contribution >= 4 is 17.8 Å². The van der Waals surface area contributed by atoms with Crippen molar-refractivity contribution in [3.8, 4) is 0 Å². The Balaban J connectivity index is 2.41. The quantitative estimate of drug-likeness (QED) is 0.202. The van der Waals surface area contributed by atoms with Gasteiger partial charge in [0.15, 0.2) is 0 Å². The molecule has 0 spiro atoms. The molecule has 0 aromatic heterocycles. The summed E-state index contributed by atoms with van der Waals surface area (Å²) in [6, 6.07) is -0.354. The Bertz CT molecular complexity index is 358. The average Bonchev–Trinajstić information content (AvgIpc) is 2.57. The third-order valence-corrected chi connectivity index (χ3v) is 3.25. The first-order valence-corrected chi connectivity index (χ1v) is 6.08. The first-order valence-electron chi connectivity index (χ1n) is 6.08. The van der Waals surface area contributed by atoms with Crippen LogP contribution in [0, 0.1) is 0 Å². The summed E-state index contributed by atoms with van der Waals surface area (Å²) in [5.41, 5.74) is 1.25. The van der Waals surface area contributed by atoms with Crippen LogP contribution in [-0.4, -0.2) is 34.8 Å². The van der Waals surface area contributed by atoms with E-state index >= 15 is 0 Å². The predicted octanol–water partition coefficient (Wildman–Crippen LogP) is -0.133.